The zero-order valence-electron chi connectivity index (χ0n) is 11.0. The van der Waals surface area contributed by atoms with Gasteiger partial charge in [-0.05, 0) is 6.07 Å². The van der Waals surface area contributed by atoms with Crippen molar-refractivity contribution in [2.24, 2.45) is 0 Å². The lowest BCUT2D eigenvalue weighted by Gasteiger charge is -2.03. The van der Waals surface area contributed by atoms with Gasteiger partial charge in [0.2, 0.25) is 17.0 Å². The number of rotatable bonds is 5. The molecule has 0 bridgehead atoms. The average Bonchev–Trinajstić information content (AvgIpc) is 2.91. The van der Waals surface area contributed by atoms with E-state index in [0.717, 1.165) is 17.8 Å². The van der Waals surface area contributed by atoms with E-state index in [2.05, 4.69) is 20.5 Å². The van der Waals surface area contributed by atoms with E-state index in [1.54, 1.807) is 0 Å². The average molecular weight is 322 g/mol. The van der Waals surface area contributed by atoms with Crippen LogP contribution in [0.15, 0.2) is 29.4 Å². The van der Waals surface area contributed by atoms with Gasteiger partial charge in [0, 0.05) is 17.7 Å². The van der Waals surface area contributed by atoms with E-state index in [0.29, 0.717) is 0 Å². The summed E-state index contributed by atoms with van der Waals surface area (Å²) in [6, 6.07) is 5.08. The fourth-order valence-corrected chi connectivity index (χ4v) is 2.05. The Bertz CT molecular complexity index is 731. The number of aromatic amines is 1. The van der Waals surface area contributed by atoms with Gasteiger partial charge in [0.25, 0.3) is 11.6 Å². The molecule has 1 aromatic heterocycles. The number of non-ortho nitro benzene ring substituents is 1. The molecule has 1 aromatic carbocycles. The van der Waals surface area contributed by atoms with Gasteiger partial charge in [-0.3, -0.25) is 25.0 Å². The van der Waals surface area contributed by atoms with Crippen molar-refractivity contribution in [1.29, 1.82) is 0 Å². The first-order chi connectivity index (χ1) is 10.5. The molecule has 0 aliphatic heterocycles. The number of thioether (sulfide) groups is 1. The number of imide groups is 1. The van der Waals surface area contributed by atoms with Gasteiger partial charge in [-0.1, -0.05) is 17.8 Å². The van der Waals surface area contributed by atoms with Gasteiger partial charge < -0.3 is 5.73 Å². The lowest BCUT2D eigenvalue weighted by molar-refractivity contribution is -0.384. The molecule has 0 saturated carbocycles. The molecule has 114 valence electrons. The van der Waals surface area contributed by atoms with Crippen LogP contribution in [0, 0.1) is 10.1 Å². The number of nitrogens with one attached hydrogen (secondary N) is 2. The molecule has 4 N–H and O–H groups in total. The van der Waals surface area contributed by atoms with E-state index >= 15 is 0 Å². The molecular weight excluding hydrogens is 312 g/mol. The first-order valence-corrected chi connectivity index (χ1v) is 6.83. The Morgan fingerprint density at radius 3 is 2.86 bits per heavy atom. The molecule has 0 unspecified atom stereocenters. The standard InChI is InChI=1S/C11H10N6O4S/c12-10-14-11(16-15-10)22-5-8(18)13-9(19)6-2-1-3-7(4-6)17(20)21/h1-4H,5H2,(H,13,18,19)(H3,12,14,15,16). The molecule has 0 radical (unpaired) electrons. The fraction of sp³-hybridized carbons (Fsp3) is 0.0909. The van der Waals surface area contributed by atoms with Crippen molar-refractivity contribution >= 4 is 35.2 Å². The predicted octanol–water partition coefficient (Wildman–Crippen LogP) is 0.344. The Morgan fingerprint density at radius 1 is 1.45 bits per heavy atom. The van der Waals surface area contributed by atoms with Gasteiger partial charge in [-0.25, -0.2) is 5.10 Å². The summed E-state index contributed by atoms with van der Waals surface area (Å²) >= 11 is 0.989. The van der Waals surface area contributed by atoms with Crippen molar-refractivity contribution in [2.75, 3.05) is 11.5 Å². The molecule has 2 rings (SSSR count). The fourth-order valence-electron chi connectivity index (χ4n) is 1.45. The zero-order chi connectivity index (χ0) is 16.1. The predicted molar refractivity (Wildman–Crippen MR) is 77.1 cm³/mol. The van der Waals surface area contributed by atoms with Crippen LogP contribution < -0.4 is 11.1 Å². The molecule has 0 aliphatic carbocycles. The van der Waals surface area contributed by atoms with E-state index in [-0.39, 0.29) is 28.1 Å². The number of nitro benzene ring substituents is 1. The Kier molecular flexibility index (Phi) is 4.68. The monoisotopic (exact) mass is 322 g/mol. The molecule has 2 aromatic rings. The summed E-state index contributed by atoms with van der Waals surface area (Å²) in [6.45, 7) is 0. The highest BCUT2D eigenvalue weighted by molar-refractivity contribution is 7.99. The van der Waals surface area contributed by atoms with Crippen LogP contribution in [0.3, 0.4) is 0 Å². The number of nitro groups is 1. The maximum Gasteiger partial charge on any atom is 0.270 e. The third-order valence-corrected chi connectivity index (χ3v) is 3.23. The number of benzene rings is 1. The summed E-state index contributed by atoms with van der Waals surface area (Å²) in [5.41, 5.74) is 5.12. The summed E-state index contributed by atoms with van der Waals surface area (Å²) in [6.07, 6.45) is 0. The van der Waals surface area contributed by atoms with Gasteiger partial charge in [0.15, 0.2) is 0 Å². The maximum atomic E-state index is 11.8. The van der Waals surface area contributed by atoms with Gasteiger partial charge in [-0.2, -0.15) is 4.98 Å². The summed E-state index contributed by atoms with van der Waals surface area (Å²) in [5.74, 6) is -1.28. The first kappa shape index (κ1) is 15.4. The number of carbonyl (C=O) groups excluding carboxylic acids is 2. The SMILES string of the molecule is Nc1nc(SCC(=O)NC(=O)c2cccc([N+](=O)[O-])c2)n[nH]1. The number of amides is 2. The number of nitrogens with two attached hydrogens (primary N) is 1. The van der Waals surface area contributed by atoms with Gasteiger partial charge in [0.1, 0.15) is 0 Å². The number of anilines is 1. The van der Waals surface area contributed by atoms with Gasteiger partial charge in [0.05, 0.1) is 10.7 Å². The second-order valence-corrected chi connectivity index (χ2v) is 4.92. The maximum absolute atomic E-state index is 11.8. The Balaban J connectivity index is 1.92. The highest BCUT2D eigenvalue weighted by atomic mass is 32.2. The molecular formula is C11H10N6O4S. The molecule has 11 heteroatoms. The van der Waals surface area contributed by atoms with Gasteiger partial charge >= 0.3 is 0 Å². The Hall–Kier alpha value is -2.95. The third kappa shape index (κ3) is 4.02. The largest absolute Gasteiger partial charge is 0.368 e. The number of nitrogens with zero attached hydrogens (tertiary/aromatic N) is 3. The minimum atomic E-state index is -0.719. The second-order valence-electron chi connectivity index (χ2n) is 3.98. The molecule has 0 fully saturated rings. The summed E-state index contributed by atoms with van der Waals surface area (Å²) < 4.78 is 0. The van der Waals surface area contributed by atoms with Gasteiger partial charge in [-0.15, -0.1) is 5.10 Å². The number of aromatic nitrogens is 3. The van der Waals surface area contributed by atoms with Crippen molar-refractivity contribution in [3.05, 3.63) is 39.9 Å². The van der Waals surface area contributed by atoms with Crippen LogP contribution >= 0.6 is 11.8 Å². The van der Waals surface area contributed by atoms with Crippen LogP contribution in [-0.2, 0) is 4.79 Å². The minimum Gasteiger partial charge on any atom is -0.368 e. The number of H-pyrrole nitrogens is 1. The third-order valence-electron chi connectivity index (χ3n) is 2.39. The van der Waals surface area contributed by atoms with Crippen LogP contribution in [0.4, 0.5) is 11.6 Å². The summed E-state index contributed by atoms with van der Waals surface area (Å²) in [7, 11) is 0. The first-order valence-electron chi connectivity index (χ1n) is 5.85. The molecule has 0 spiro atoms. The highest BCUT2D eigenvalue weighted by Crippen LogP contribution is 2.14. The van der Waals surface area contributed by atoms with Crippen molar-refractivity contribution in [3.8, 4) is 0 Å². The molecule has 10 nitrogen and oxygen atoms in total. The zero-order valence-corrected chi connectivity index (χ0v) is 11.8. The second kappa shape index (κ2) is 6.67. The molecule has 0 saturated heterocycles. The van der Waals surface area contributed by atoms with Crippen molar-refractivity contribution < 1.29 is 14.5 Å². The normalized spacial score (nSPS) is 10.2. The van der Waals surface area contributed by atoms with E-state index < -0.39 is 16.7 Å². The molecule has 0 aliphatic rings. The summed E-state index contributed by atoms with van der Waals surface area (Å²) in [4.78, 5) is 37.3. The number of hydrogen-bond acceptors (Lipinski definition) is 8. The Labute approximate surface area is 127 Å². The highest BCUT2D eigenvalue weighted by Gasteiger charge is 2.14. The van der Waals surface area contributed by atoms with E-state index in [9.17, 15) is 19.7 Å². The van der Waals surface area contributed by atoms with E-state index in [1.165, 1.54) is 18.2 Å². The van der Waals surface area contributed by atoms with Crippen LogP contribution in [0.25, 0.3) is 0 Å². The topological polar surface area (TPSA) is 157 Å². The quantitative estimate of drug-likeness (QED) is 0.404. The lowest BCUT2D eigenvalue weighted by Crippen LogP contribution is -2.31. The molecule has 1 heterocycles. The van der Waals surface area contributed by atoms with Crippen LogP contribution in [0.1, 0.15) is 10.4 Å². The molecule has 22 heavy (non-hydrogen) atoms. The van der Waals surface area contributed by atoms with Crippen LogP contribution in [0.5, 0.6) is 0 Å². The van der Waals surface area contributed by atoms with Crippen molar-refractivity contribution in [3.63, 3.8) is 0 Å². The van der Waals surface area contributed by atoms with Crippen molar-refractivity contribution in [1.82, 2.24) is 20.5 Å². The molecule has 2 amide bonds. The summed E-state index contributed by atoms with van der Waals surface area (Å²) in [5, 5.41) is 19.2. The lowest BCUT2D eigenvalue weighted by atomic mass is 10.2. The van der Waals surface area contributed by atoms with Crippen molar-refractivity contribution in [2.45, 2.75) is 5.16 Å². The van der Waals surface area contributed by atoms with E-state index in [1.807, 2.05) is 0 Å². The number of nitrogen functional groups attached to an aromatic ring is 1. The number of carbonyl (C=O) groups is 2. The number of hydrogen-bond donors (Lipinski definition) is 3. The smallest absolute Gasteiger partial charge is 0.270 e. The Morgan fingerprint density at radius 2 is 2.23 bits per heavy atom. The van der Waals surface area contributed by atoms with E-state index in [4.69, 9.17) is 5.73 Å². The van der Waals surface area contributed by atoms with Crippen LogP contribution in [-0.4, -0.2) is 37.7 Å². The molecule has 0 atom stereocenters. The van der Waals surface area contributed by atoms with Crippen LogP contribution in [0.2, 0.25) is 0 Å². The minimum absolute atomic E-state index is 0.0229.